The molecule has 182 valence electrons. The monoisotopic (exact) mass is 468 g/mol. The van der Waals surface area contributed by atoms with Crippen molar-refractivity contribution in [1.29, 1.82) is 0 Å². The topological polar surface area (TPSA) is 91.0 Å². The number of aromatic amines is 1. The number of methoxy groups -OCH3 is 4. The summed E-state index contributed by atoms with van der Waals surface area (Å²) in [5, 5.41) is 4.12. The molecule has 0 spiro atoms. The Morgan fingerprint density at radius 2 is 1.65 bits per heavy atom. The van der Waals surface area contributed by atoms with Gasteiger partial charge in [0.25, 0.3) is 0 Å². The average Bonchev–Trinajstić information content (AvgIpc) is 2.87. The number of fused-ring (bicyclic) bond motifs is 2. The Hall–Kier alpha value is -3.39. The molecule has 0 saturated carbocycles. The molecule has 1 aliphatic carbocycles. The Labute approximate surface area is 199 Å². The first kappa shape index (κ1) is 23.8. The smallest absolute Gasteiger partial charge is 0.203 e. The van der Waals surface area contributed by atoms with Crippen molar-refractivity contribution in [2.45, 2.75) is 19.3 Å². The van der Waals surface area contributed by atoms with Crippen LogP contribution in [-0.4, -0.2) is 53.1 Å². The Bertz CT molecular complexity index is 1180. The van der Waals surface area contributed by atoms with Gasteiger partial charge in [0.2, 0.25) is 5.75 Å². The lowest BCUT2D eigenvalue weighted by molar-refractivity contribution is 0.270. The second kappa shape index (κ2) is 10.7. The molecule has 0 aliphatic heterocycles. The summed E-state index contributed by atoms with van der Waals surface area (Å²) >= 11 is 0. The molecule has 8 nitrogen and oxygen atoms in total. The summed E-state index contributed by atoms with van der Waals surface area (Å²) in [6.45, 7) is 2.02. The van der Waals surface area contributed by atoms with E-state index in [0.717, 1.165) is 42.6 Å². The highest BCUT2D eigenvalue weighted by Gasteiger charge is 2.23. The molecule has 2 aromatic carbocycles. The lowest BCUT2D eigenvalue weighted by atomic mass is 9.86. The molecule has 3 aromatic rings. The quantitative estimate of drug-likeness (QED) is 0.441. The third-order valence-corrected chi connectivity index (χ3v) is 6.33. The van der Waals surface area contributed by atoms with Gasteiger partial charge in [-0.25, -0.2) is 0 Å². The lowest BCUT2D eigenvalue weighted by Crippen LogP contribution is -2.32. The summed E-state index contributed by atoms with van der Waals surface area (Å²) in [5.74, 6) is 3.50. The molecule has 4 rings (SSSR count). The fourth-order valence-corrected chi connectivity index (χ4v) is 4.55. The minimum Gasteiger partial charge on any atom is -0.493 e. The predicted molar refractivity (Wildman–Crippen MR) is 131 cm³/mol. The zero-order valence-corrected chi connectivity index (χ0v) is 20.2. The molecular weight excluding hydrogens is 436 g/mol. The first-order valence-electron chi connectivity index (χ1n) is 11.4. The van der Waals surface area contributed by atoms with Crippen LogP contribution in [0.1, 0.15) is 17.7 Å². The van der Waals surface area contributed by atoms with E-state index < -0.39 is 0 Å². The maximum atomic E-state index is 13.1. The van der Waals surface area contributed by atoms with Gasteiger partial charge in [-0.1, -0.05) is 6.07 Å². The van der Waals surface area contributed by atoms with Crippen LogP contribution in [0.25, 0.3) is 10.9 Å². The standard InChI is InChI=1S/C26H32N2O6/c1-30-21-6-5-7-22(31-2)26(21)34-11-10-27-15-16-8-9-17-19(12-16)28-20-14-24(33-4)23(32-3)13-18(20)25(17)29/h5-7,13-14,16,27H,8-12,15H2,1-4H3,(H,28,29). The molecular formula is C26H32N2O6. The van der Waals surface area contributed by atoms with Crippen LogP contribution in [0, 0.1) is 5.92 Å². The Balaban J connectivity index is 1.37. The summed E-state index contributed by atoms with van der Waals surface area (Å²) in [6.07, 6.45) is 2.54. The van der Waals surface area contributed by atoms with E-state index in [-0.39, 0.29) is 5.43 Å². The highest BCUT2D eigenvalue weighted by molar-refractivity contribution is 5.83. The van der Waals surface area contributed by atoms with Crippen molar-refractivity contribution in [2.24, 2.45) is 5.92 Å². The van der Waals surface area contributed by atoms with Crippen LogP contribution in [0.15, 0.2) is 35.1 Å². The van der Waals surface area contributed by atoms with Crippen molar-refractivity contribution in [3.8, 4) is 28.7 Å². The highest BCUT2D eigenvalue weighted by atomic mass is 16.5. The summed E-state index contributed by atoms with van der Waals surface area (Å²) in [4.78, 5) is 16.6. The summed E-state index contributed by atoms with van der Waals surface area (Å²) < 4.78 is 27.4. The first-order chi connectivity index (χ1) is 16.6. The number of hydrogen-bond donors (Lipinski definition) is 2. The number of para-hydroxylation sites is 1. The van der Waals surface area contributed by atoms with Crippen molar-refractivity contribution in [2.75, 3.05) is 48.1 Å². The summed E-state index contributed by atoms with van der Waals surface area (Å²) in [6, 6.07) is 9.16. The number of rotatable bonds is 10. The number of benzene rings is 2. The molecule has 1 aliphatic rings. The zero-order valence-electron chi connectivity index (χ0n) is 20.2. The van der Waals surface area contributed by atoms with E-state index in [4.69, 9.17) is 23.7 Å². The average molecular weight is 469 g/mol. The fourth-order valence-electron chi connectivity index (χ4n) is 4.55. The van der Waals surface area contributed by atoms with Gasteiger partial charge in [0, 0.05) is 29.3 Å². The normalized spacial score (nSPS) is 15.0. The van der Waals surface area contributed by atoms with Gasteiger partial charge in [-0.2, -0.15) is 0 Å². The Morgan fingerprint density at radius 3 is 2.32 bits per heavy atom. The molecule has 0 radical (unpaired) electrons. The molecule has 0 bridgehead atoms. The van der Waals surface area contributed by atoms with E-state index in [9.17, 15) is 4.79 Å². The zero-order chi connectivity index (χ0) is 24.1. The van der Waals surface area contributed by atoms with Gasteiger partial charge in [0.05, 0.1) is 34.0 Å². The van der Waals surface area contributed by atoms with Crippen molar-refractivity contribution >= 4 is 10.9 Å². The molecule has 1 aromatic heterocycles. The van der Waals surface area contributed by atoms with Gasteiger partial charge >= 0.3 is 0 Å². The summed E-state index contributed by atoms with van der Waals surface area (Å²) in [7, 11) is 6.39. The van der Waals surface area contributed by atoms with Crippen LogP contribution >= 0.6 is 0 Å². The van der Waals surface area contributed by atoms with Gasteiger partial charge in [0.1, 0.15) is 6.61 Å². The van der Waals surface area contributed by atoms with E-state index in [1.165, 1.54) is 0 Å². The summed E-state index contributed by atoms with van der Waals surface area (Å²) in [5.41, 5.74) is 2.74. The molecule has 1 heterocycles. The van der Waals surface area contributed by atoms with E-state index in [0.29, 0.717) is 53.2 Å². The molecule has 0 saturated heterocycles. The highest BCUT2D eigenvalue weighted by Crippen LogP contribution is 2.36. The van der Waals surface area contributed by atoms with Crippen molar-refractivity contribution in [1.82, 2.24) is 10.3 Å². The van der Waals surface area contributed by atoms with Crippen molar-refractivity contribution in [3.05, 3.63) is 51.8 Å². The van der Waals surface area contributed by atoms with Crippen LogP contribution < -0.4 is 34.4 Å². The van der Waals surface area contributed by atoms with Crippen molar-refractivity contribution in [3.63, 3.8) is 0 Å². The van der Waals surface area contributed by atoms with Gasteiger partial charge < -0.3 is 34.0 Å². The fraction of sp³-hybridized carbons (Fsp3) is 0.423. The molecule has 8 heteroatoms. The molecule has 0 amide bonds. The second-order valence-electron chi connectivity index (χ2n) is 8.32. The Morgan fingerprint density at radius 1 is 0.971 bits per heavy atom. The minimum atomic E-state index is 0.0790. The molecule has 2 N–H and O–H groups in total. The van der Waals surface area contributed by atoms with Gasteiger partial charge in [-0.05, 0) is 49.9 Å². The second-order valence-corrected chi connectivity index (χ2v) is 8.32. The van der Waals surface area contributed by atoms with Gasteiger partial charge in [-0.15, -0.1) is 0 Å². The number of hydrogen-bond acceptors (Lipinski definition) is 7. The van der Waals surface area contributed by atoms with E-state index in [2.05, 4.69) is 10.3 Å². The number of aromatic nitrogens is 1. The molecule has 1 unspecified atom stereocenters. The van der Waals surface area contributed by atoms with Crippen molar-refractivity contribution < 1.29 is 23.7 Å². The predicted octanol–water partition coefficient (Wildman–Crippen LogP) is 3.34. The molecule has 34 heavy (non-hydrogen) atoms. The Kier molecular flexibility index (Phi) is 7.47. The molecule has 1 atom stereocenters. The van der Waals surface area contributed by atoms with E-state index in [1.807, 2.05) is 24.3 Å². The third kappa shape index (κ3) is 4.77. The van der Waals surface area contributed by atoms with Crippen LogP contribution in [-0.2, 0) is 12.8 Å². The largest absolute Gasteiger partial charge is 0.493 e. The number of nitrogens with one attached hydrogen (secondary N) is 2. The number of H-pyrrole nitrogens is 1. The lowest BCUT2D eigenvalue weighted by Gasteiger charge is -2.25. The first-order valence-corrected chi connectivity index (χ1v) is 11.4. The van der Waals surface area contributed by atoms with Crippen LogP contribution in [0.4, 0.5) is 0 Å². The van der Waals surface area contributed by atoms with Gasteiger partial charge in [-0.3, -0.25) is 4.79 Å². The van der Waals surface area contributed by atoms with E-state index >= 15 is 0 Å². The third-order valence-electron chi connectivity index (χ3n) is 6.33. The maximum absolute atomic E-state index is 13.1. The van der Waals surface area contributed by atoms with Crippen LogP contribution in [0.3, 0.4) is 0 Å². The number of pyridine rings is 1. The van der Waals surface area contributed by atoms with Crippen LogP contribution in [0.2, 0.25) is 0 Å². The molecule has 0 fully saturated rings. The SMILES string of the molecule is COc1cc2[nH]c3c(c(=O)c2cc1OC)CCC(CNCCOc1c(OC)cccc1OC)C3. The minimum absolute atomic E-state index is 0.0790. The van der Waals surface area contributed by atoms with Gasteiger partial charge in [0.15, 0.2) is 28.4 Å². The maximum Gasteiger partial charge on any atom is 0.203 e. The van der Waals surface area contributed by atoms with Crippen LogP contribution in [0.5, 0.6) is 28.7 Å². The van der Waals surface area contributed by atoms with E-state index in [1.54, 1.807) is 34.5 Å². The number of ether oxygens (including phenoxy) is 5.